The van der Waals surface area contributed by atoms with Crippen molar-refractivity contribution in [3.05, 3.63) is 59.3 Å². The van der Waals surface area contributed by atoms with Gasteiger partial charge in [-0.1, -0.05) is 12.1 Å². The van der Waals surface area contributed by atoms with Crippen molar-refractivity contribution in [3.8, 4) is 6.07 Å². The summed E-state index contributed by atoms with van der Waals surface area (Å²) in [4.78, 5) is 21.0. The number of piperidine rings is 1. The summed E-state index contributed by atoms with van der Waals surface area (Å²) in [6.45, 7) is 0.847. The first-order chi connectivity index (χ1) is 14.5. The fourth-order valence-electron chi connectivity index (χ4n) is 4.89. The predicted molar refractivity (Wildman–Crippen MR) is 103 cm³/mol. The van der Waals surface area contributed by atoms with Crippen LogP contribution in [0, 0.1) is 23.0 Å². The molecule has 3 aliphatic rings. The smallest absolute Gasteiger partial charge is 0.257 e. The average Bonchev–Trinajstić information content (AvgIpc) is 3.27. The molecule has 1 spiro atoms. The van der Waals surface area contributed by atoms with Crippen molar-refractivity contribution in [1.82, 2.24) is 9.88 Å². The molecule has 5 rings (SSSR count). The lowest BCUT2D eigenvalue weighted by Crippen LogP contribution is -2.50. The van der Waals surface area contributed by atoms with Crippen molar-refractivity contribution in [1.29, 1.82) is 5.26 Å². The molecule has 0 unspecified atom stereocenters. The molecule has 1 amide bonds. The van der Waals surface area contributed by atoms with Crippen LogP contribution in [0.2, 0.25) is 0 Å². The van der Waals surface area contributed by atoms with Crippen LogP contribution < -0.4 is 4.90 Å². The average molecular weight is 410 g/mol. The molecule has 154 valence electrons. The number of halogens is 2. The topological polar surface area (TPSA) is 69.5 Å². The van der Waals surface area contributed by atoms with Crippen LogP contribution in [0.3, 0.4) is 0 Å². The van der Waals surface area contributed by atoms with Crippen molar-refractivity contribution < 1.29 is 18.3 Å². The monoisotopic (exact) mass is 410 g/mol. The van der Waals surface area contributed by atoms with Gasteiger partial charge >= 0.3 is 0 Å². The fourth-order valence-corrected chi connectivity index (χ4v) is 4.89. The van der Waals surface area contributed by atoms with Crippen LogP contribution in [0.25, 0.3) is 0 Å². The van der Waals surface area contributed by atoms with Gasteiger partial charge in [-0.25, -0.2) is 13.8 Å². The molecule has 8 heteroatoms. The van der Waals surface area contributed by atoms with Crippen LogP contribution in [-0.2, 0) is 9.53 Å². The van der Waals surface area contributed by atoms with Crippen LogP contribution in [-0.4, -0.2) is 40.7 Å². The van der Waals surface area contributed by atoms with E-state index in [9.17, 15) is 13.6 Å². The van der Waals surface area contributed by atoms with Gasteiger partial charge < -0.3 is 14.5 Å². The molecule has 0 bridgehead atoms. The highest BCUT2D eigenvalue weighted by Crippen LogP contribution is 2.47. The molecule has 2 aromatic rings. The highest BCUT2D eigenvalue weighted by Gasteiger charge is 2.58. The van der Waals surface area contributed by atoms with Crippen LogP contribution in [0.15, 0.2) is 36.5 Å². The quantitative estimate of drug-likeness (QED) is 0.760. The summed E-state index contributed by atoms with van der Waals surface area (Å²) < 4.78 is 34.3. The number of hydrogen-bond donors (Lipinski definition) is 0. The first-order valence-corrected chi connectivity index (χ1v) is 10.1. The Morgan fingerprint density at radius 1 is 1.20 bits per heavy atom. The zero-order chi connectivity index (χ0) is 20.9. The number of amides is 1. The van der Waals surface area contributed by atoms with Gasteiger partial charge in [0.25, 0.3) is 5.91 Å². The number of carbonyl (C=O) groups excluding carboxylic acids is 1. The van der Waals surface area contributed by atoms with E-state index in [1.54, 1.807) is 15.9 Å². The van der Waals surface area contributed by atoms with Gasteiger partial charge in [-0.3, -0.25) is 4.79 Å². The zero-order valence-corrected chi connectivity index (χ0v) is 16.2. The van der Waals surface area contributed by atoms with E-state index in [1.165, 1.54) is 24.4 Å². The molecule has 3 aliphatic heterocycles. The van der Waals surface area contributed by atoms with Crippen LogP contribution >= 0.6 is 0 Å². The Balaban J connectivity index is 1.33. The van der Waals surface area contributed by atoms with Crippen molar-refractivity contribution in [2.75, 3.05) is 18.0 Å². The van der Waals surface area contributed by atoms with E-state index < -0.39 is 11.4 Å². The molecule has 6 nitrogen and oxygen atoms in total. The molecule has 0 aliphatic carbocycles. The Morgan fingerprint density at radius 3 is 2.70 bits per heavy atom. The van der Waals surface area contributed by atoms with Gasteiger partial charge in [0.1, 0.15) is 18.1 Å². The second-order valence-electron chi connectivity index (χ2n) is 8.06. The van der Waals surface area contributed by atoms with E-state index in [4.69, 9.17) is 10.00 Å². The number of anilines is 1. The van der Waals surface area contributed by atoms with Gasteiger partial charge in [-0.05, 0) is 36.6 Å². The lowest BCUT2D eigenvalue weighted by atomic mass is 9.89. The highest BCUT2D eigenvalue weighted by atomic mass is 19.1. The SMILES string of the molecule is N#Cc1cnc(N2CCC3(CC2)O[C@@H]2CC[C@@H](c4cccc(F)c4)N2C3=O)c(F)c1. The number of pyridine rings is 1. The van der Waals surface area contributed by atoms with E-state index in [0.717, 1.165) is 12.0 Å². The van der Waals surface area contributed by atoms with Crippen LogP contribution in [0.4, 0.5) is 14.6 Å². The molecule has 1 aromatic carbocycles. The molecule has 1 aromatic heterocycles. The third-order valence-corrected chi connectivity index (χ3v) is 6.37. The van der Waals surface area contributed by atoms with E-state index in [0.29, 0.717) is 32.4 Å². The second-order valence-corrected chi connectivity index (χ2v) is 8.06. The molecule has 3 saturated heterocycles. The fraction of sp³-hybridized carbons (Fsp3) is 0.409. The number of nitrogens with zero attached hydrogens (tertiary/aromatic N) is 4. The minimum Gasteiger partial charge on any atom is -0.354 e. The van der Waals surface area contributed by atoms with Crippen molar-refractivity contribution in [2.45, 2.75) is 43.6 Å². The number of carbonyl (C=O) groups is 1. The van der Waals surface area contributed by atoms with Gasteiger partial charge in [0.05, 0.1) is 11.6 Å². The van der Waals surface area contributed by atoms with Gasteiger partial charge in [0, 0.05) is 32.1 Å². The Kier molecular flexibility index (Phi) is 4.44. The van der Waals surface area contributed by atoms with Gasteiger partial charge in [-0.15, -0.1) is 0 Å². The molecular formula is C22H20F2N4O2. The third-order valence-electron chi connectivity index (χ3n) is 6.37. The van der Waals surface area contributed by atoms with Crippen molar-refractivity contribution >= 4 is 11.7 Å². The second kappa shape index (κ2) is 7.03. The number of hydrogen-bond acceptors (Lipinski definition) is 5. The number of benzene rings is 1. The van der Waals surface area contributed by atoms with Crippen molar-refractivity contribution in [3.63, 3.8) is 0 Å². The number of fused-ring (bicyclic) bond motifs is 1. The summed E-state index contributed by atoms with van der Waals surface area (Å²) in [5, 5.41) is 8.88. The maximum Gasteiger partial charge on any atom is 0.257 e. The van der Waals surface area contributed by atoms with Gasteiger partial charge in [-0.2, -0.15) is 5.26 Å². The van der Waals surface area contributed by atoms with Crippen LogP contribution in [0.1, 0.15) is 42.9 Å². The highest BCUT2D eigenvalue weighted by molar-refractivity contribution is 5.88. The van der Waals surface area contributed by atoms with E-state index in [2.05, 4.69) is 4.98 Å². The molecule has 0 saturated carbocycles. The Morgan fingerprint density at radius 2 is 2.00 bits per heavy atom. The largest absolute Gasteiger partial charge is 0.354 e. The van der Waals surface area contributed by atoms with E-state index in [-0.39, 0.29) is 35.4 Å². The summed E-state index contributed by atoms with van der Waals surface area (Å²) in [5.41, 5.74) is 0.0341. The summed E-state index contributed by atoms with van der Waals surface area (Å²) in [6, 6.07) is 9.23. The molecule has 2 atom stereocenters. The summed E-state index contributed by atoms with van der Waals surface area (Å²) >= 11 is 0. The minimum atomic E-state index is -0.920. The summed E-state index contributed by atoms with van der Waals surface area (Å²) in [5.74, 6) is -0.737. The first kappa shape index (κ1) is 18.9. The molecule has 30 heavy (non-hydrogen) atoms. The molecule has 0 N–H and O–H groups in total. The Labute approximate surface area is 172 Å². The normalized spacial score (nSPS) is 24.9. The Hall–Kier alpha value is -3.05. The number of nitriles is 1. The standard InChI is InChI=1S/C22H20F2N4O2/c23-16-3-1-2-15(11-16)18-4-5-19-28(18)21(29)22(30-19)6-8-27(9-7-22)20-17(24)10-14(12-25)13-26-20/h1-3,10-11,13,18-19H,4-9H2/t18-,19+/m0/s1. The van der Waals surface area contributed by atoms with Gasteiger partial charge in [0.2, 0.25) is 0 Å². The summed E-state index contributed by atoms with van der Waals surface area (Å²) in [7, 11) is 0. The van der Waals surface area contributed by atoms with E-state index >= 15 is 0 Å². The molecular weight excluding hydrogens is 390 g/mol. The molecule has 3 fully saturated rings. The first-order valence-electron chi connectivity index (χ1n) is 10.1. The lowest BCUT2D eigenvalue weighted by Gasteiger charge is -2.38. The maximum atomic E-state index is 14.3. The molecule has 4 heterocycles. The minimum absolute atomic E-state index is 0.0628. The predicted octanol–water partition coefficient (Wildman–Crippen LogP) is 3.29. The summed E-state index contributed by atoms with van der Waals surface area (Å²) in [6.07, 6.45) is 3.35. The number of aromatic nitrogens is 1. The van der Waals surface area contributed by atoms with Gasteiger partial charge in [0.15, 0.2) is 17.2 Å². The third kappa shape index (κ3) is 2.92. The number of rotatable bonds is 2. The number of ether oxygens (including phenoxy) is 1. The lowest BCUT2D eigenvalue weighted by molar-refractivity contribution is -0.140. The maximum absolute atomic E-state index is 14.3. The van der Waals surface area contributed by atoms with Crippen LogP contribution in [0.5, 0.6) is 0 Å². The zero-order valence-electron chi connectivity index (χ0n) is 16.2. The molecule has 0 radical (unpaired) electrons. The van der Waals surface area contributed by atoms with E-state index in [1.807, 2.05) is 12.1 Å². The Bertz CT molecular complexity index is 1050. The van der Waals surface area contributed by atoms with Crippen molar-refractivity contribution in [2.24, 2.45) is 0 Å².